The second-order valence-electron chi connectivity index (χ2n) is 7.57. The third-order valence-electron chi connectivity index (χ3n) is 5.74. The molecule has 0 atom stereocenters. The summed E-state index contributed by atoms with van der Waals surface area (Å²) in [6.45, 7) is 0. The molecule has 7 rings (SSSR count). The van der Waals surface area contributed by atoms with Crippen LogP contribution in [0.1, 0.15) is 0 Å². The van der Waals surface area contributed by atoms with Gasteiger partial charge in [-0.25, -0.2) is 0 Å². The van der Waals surface area contributed by atoms with Gasteiger partial charge in [0.15, 0.2) is 44.4 Å². The summed E-state index contributed by atoms with van der Waals surface area (Å²) in [6, 6.07) is 20.9. The molecule has 2 aromatic heterocycles. The molecule has 0 unspecified atom stereocenters. The largest absolute Gasteiger partial charge is 0.449 e. The van der Waals surface area contributed by atoms with E-state index in [1.807, 2.05) is 12.1 Å². The van der Waals surface area contributed by atoms with Gasteiger partial charge in [-0.3, -0.25) is 9.59 Å². The van der Waals surface area contributed by atoms with Crippen LogP contribution in [0, 0.1) is 0 Å². The van der Waals surface area contributed by atoms with Gasteiger partial charge in [-0.2, -0.15) is 0 Å². The molecule has 32 heavy (non-hydrogen) atoms. The van der Waals surface area contributed by atoms with Crippen LogP contribution in [0.5, 0.6) is 0 Å². The zero-order valence-electron chi connectivity index (χ0n) is 16.4. The highest BCUT2D eigenvalue weighted by Gasteiger charge is 2.24. The SMILES string of the molecule is O=c1c2ccccc2c(=O)c2c3oc4ccccc4oc3c3oc4ccccc4oc3c12. The average Bonchev–Trinajstić information content (AvgIpc) is 2.84. The lowest BCUT2D eigenvalue weighted by Crippen LogP contribution is -2.13. The third kappa shape index (κ3) is 2.13. The van der Waals surface area contributed by atoms with Gasteiger partial charge in [0, 0.05) is 10.8 Å². The Morgan fingerprint density at radius 3 is 1.09 bits per heavy atom. The van der Waals surface area contributed by atoms with Crippen LogP contribution < -0.4 is 10.9 Å². The van der Waals surface area contributed by atoms with Crippen LogP contribution >= 0.6 is 0 Å². The topological polar surface area (TPSA) is 86.7 Å². The van der Waals surface area contributed by atoms with Crippen molar-refractivity contribution in [2.24, 2.45) is 0 Å². The molecule has 7 aromatic rings. The quantitative estimate of drug-likeness (QED) is 0.213. The van der Waals surface area contributed by atoms with E-state index in [4.69, 9.17) is 17.7 Å². The van der Waals surface area contributed by atoms with Crippen molar-refractivity contribution in [3.8, 4) is 0 Å². The predicted octanol–water partition coefficient (Wildman–Crippen LogP) is 6.26. The van der Waals surface area contributed by atoms with E-state index in [1.165, 1.54) is 0 Å². The highest BCUT2D eigenvalue weighted by molar-refractivity contribution is 6.21. The van der Waals surface area contributed by atoms with Crippen LogP contribution in [0.2, 0.25) is 0 Å². The van der Waals surface area contributed by atoms with Gasteiger partial charge >= 0.3 is 0 Å². The summed E-state index contributed by atoms with van der Waals surface area (Å²) >= 11 is 0. The Bertz CT molecular complexity index is 1880. The maximum Gasteiger partial charge on any atom is 0.217 e. The van der Waals surface area contributed by atoms with Gasteiger partial charge in [0.2, 0.25) is 11.2 Å². The lowest BCUT2D eigenvalue weighted by Gasteiger charge is -2.09. The molecular formula is C26H12O6. The summed E-state index contributed by atoms with van der Waals surface area (Å²) < 4.78 is 24.5. The Balaban J connectivity index is 1.91. The number of para-hydroxylation sites is 4. The van der Waals surface area contributed by atoms with Gasteiger partial charge in [-0.05, 0) is 24.3 Å². The fourth-order valence-corrected chi connectivity index (χ4v) is 4.30. The summed E-state index contributed by atoms with van der Waals surface area (Å²) in [5, 5.41) is 0.846. The van der Waals surface area contributed by atoms with Crippen molar-refractivity contribution >= 4 is 66.2 Å². The van der Waals surface area contributed by atoms with E-state index >= 15 is 0 Å². The molecule has 0 amide bonds. The van der Waals surface area contributed by atoms with Gasteiger partial charge in [-0.1, -0.05) is 48.5 Å². The highest BCUT2D eigenvalue weighted by Crippen LogP contribution is 2.37. The molecule has 0 aliphatic heterocycles. The monoisotopic (exact) mass is 420 g/mol. The predicted molar refractivity (Wildman–Crippen MR) is 122 cm³/mol. The van der Waals surface area contributed by atoms with Gasteiger partial charge in [-0.15, -0.1) is 0 Å². The maximum absolute atomic E-state index is 13.6. The van der Waals surface area contributed by atoms with Gasteiger partial charge in [0.1, 0.15) is 0 Å². The first-order valence-electron chi connectivity index (χ1n) is 10.0. The molecule has 152 valence electrons. The second kappa shape index (κ2) is 5.98. The van der Waals surface area contributed by atoms with E-state index in [1.54, 1.807) is 60.7 Å². The molecule has 6 nitrogen and oxygen atoms in total. The summed E-state index contributed by atoms with van der Waals surface area (Å²) in [5.41, 5.74) is 1.86. The van der Waals surface area contributed by atoms with Crippen LogP contribution in [0.25, 0.3) is 66.2 Å². The Morgan fingerprint density at radius 1 is 0.406 bits per heavy atom. The minimum Gasteiger partial charge on any atom is -0.449 e. The molecular weight excluding hydrogens is 408 g/mol. The fraction of sp³-hybridized carbons (Fsp3) is 0. The highest BCUT2D eigenvalue weighted by atomic mass is 16.4. The van der Waals surface area contributed by atoms with Crippen LogP contribution in [-0.2, 0) is 0 Å². The zero-order chi connectivity index (χ0) is 21.4. The smallest absolute Gasteiger partial charge is 0.217 e. The van der Waals surface area contributed by atoms with Gasteiger partial charge in [0.25, 0.3) is 0 Å². The number of benzene rings is 5. The Morgan fingerprint density at radius 2 is 0.719 bits per heavy atom. The molecule has 5 aromatic carbocycles. The first-order valence-corrected chi connectivity index (χ1v) is 10.0. The number of fused-ring (bicyclic) bond motifs is 9. The third-order valence-corrected chi connectivity index (χ3v) is 5.74. The number of hydrogen-bond acceptors (Lipinski definition) is 6. The van der Waals surface area contributed by atoms with E-state index in [0.29, 0.717) is 33.1 Å². The first kappa shape index (κ1) is 17.1. The van der Waals surface area contributed by atoms with E-state index in [0.717, 1.165) is 0 Å². The molecule has 0 aliphatic rings. The summed E-state index contributed by atoms with van der Waals surface area (Å²) in [5.74, 6) is 0. The minimum atomic E-state index is -0.334. The van der Waals surface area contributed by atoms with Crippen molar-refractivity contribution in [2.45, 2.75) is 0 Å². The molecule has 0 N–H and O–H groups in total. The van der Waals surface area contributed by atoms with Crippen LogP contribution in [0.4, 0.5) is 0 Å². The van der Waals surface area contributed by atoms with Crippen LogP contribution in [0.3, 0.4) is 0 Å². The minimum absolute atomic E-state index is 0.111. The van der Waals surface area contributed by atoms with Crippen molar-refractivity contribution in [3.05, 3.63) is 93.2 Å². The molecule has 0 spiro atoms. The van der Waals surface area contributed by atoms with Crippen molar-refractivity contribution in [2.75, 3.05) is 0 Å². The Labute approximate surface area is 177 Å². The molecule has 0 bridgehead atoms. The second-order valence-corrected chi connectivity index (χ2v) is 7.57. The molecule has 2 heterocycles. The number of hydrogen-bond donors (Lipinski definition) is 0. The maximum atomic E-state index is 13.6. The lowest BCUT2D eigenvalue weighted by molar-refractivity contribution is 0.556. The fourth-order valence-electron chi connectivity index (χ4n) is 4.30. The molecule has 0 saturated carbocycles. The van der Waals surface area contributed by atoms with E-state index in [2.05, 4.69) is 0 Å². The molecule has 6 heteroatoms. The van der Waals surface area contributed by atoms with Crippen molar-refractivity contribution in [3.63, 3.8) is 0 Å². The normalized spacial score (nSPS) is 12.0. The van der Waals surface area contributed by atoms with E-state index < -0.39 is 0 Å². The molecule has 0 fully saturated rings. The van der Waals surface area contributed by atoms with E-state index in [9.17, 15) is 9.59 Å². The van der Waals surface area contributed by atoms with Gasteiger partial charge in [0.05, 0.1) is 10.8 Å². The van der Waals surface area contributed by atoms with Crippen molar-refractivity contribution < 1.29 is 17.7 Å². The average molecular weight is 420 g/mol. The first-order chi connectivity index (χ1) is 15.7. The molecule has 0 radical (unpaired) electrons. The van der Waals surface area contributed by atoms with Crippen molar-refractivity contribution in [1.82, 2.24) is 0 Å². The summed E-state index contributed by atoms with van der Waals surface area (Å²) in [7, 11) is 0. The van der Waals surface area contributed by atoms with E-state index in [-0.39, 0.29) is 44.0 Å². The van der Waals surface area contributed by atoms with Gasteiger partial charge < -0.3 is 17.7 Å². The standard InChI is InChI=1S/C26H12O6/c27-21-13-7-1-2-8-14(13)22(28)20-19(21)23-25(31-17-11-5-3-9-15(17)29-23)26-24(20)30-16-10-4-6-12-18(16)32-26/h1-12H. The van der Waals surface area contributed by atoms with Crippen molar-refractivity contribution in [1.29, 1.82) is 0 Å². The van der Waals surface area contributed by atoms with Crippen LogP contribution in [0.15, 0.2) is 100 Å². The summed E-state index contributed by atoms with van der Waals surface area (Å²) in [4.78, 5) is 27.2. The number of rotatable bonds is 0. The summed E-state index contributed by atoms with van der Waals surface area (Å²) in [6.07, 6.45) is 0. The Kier molecular flexibility index (Phi) is 3.20. The molecule has 0 aliphatic carbocycles. The Hall–Kier alpha value is -4.58. The van der Waals surface area contributed by atoms with Crippen LogP contribution in [-0.4, -0.2) is 0 Å². The lowest BCUT2D eigenvalue weighted by atomic mass is 10.0. The molecule has 0 saturated heterocycles. The zero-order valence-corrected chi connectivity index (χ0v) is 16.4.